The summed E-state index contributed by atoms with van der Waals surface area (Å²) in [6.07, 6.45) is 0. The zero-order valence-electron chi connectivity index (χ0n) is 9.75. The van der Waals surface area contributed by atoms with Gasteiger partial charge in [0, 0.05) is 15.1 Å². The lowest BCUT2D eigenvalue weighted by Gasteiger charge is -2.19. The highest BCUT2D eigenvalue weighted by molar-refractivity contribution is 9.10. The van der Waals surface area contributed by atoms with Gasteiger partial charge in [-0.25, -0.2) is 4.39 Å². The van der Waals surface area contributed by atoms with Gasteiger partial charge in [-0.15, -0.1) is 0 Å². The Hall–Kier alpha value is -0.900. The van der Waals surface area contributed by atoms with Gasteiger partial charge in [0.15, 0.2) is 0 Å². The summed E-state index contributed by atoms with van der Waals surface area (Å²) in [6.45, 7) is 0. The maximum absolute atomic E-state index is 13.9. The van der Waals surface area contributed by atoms with Crippen LogP contribution in [-0.4, -0.2) is 7.05 Å². The van der Waals surface area contributed by atoms with E-state index < -0.39 is 0 Å². The van der Waals surface area contributed by atoms with Gasteiger partial charge in [0.2, 0.25) is 0 Å². The van der Waals surface area contributed by atoms with Crippen LogP contribution in [0.15, 0.2) is 46.9 Å². The molecule has 0 aliphatic carbocycles. The van der Waals surface area contributed by atoms with Gasteiger partial charge in [0.1, 0.15) is 5.82 Å². The van der Waals surface area contributed by atoms with Gasteiger partial charge in [0.05, 0.1) is 6.04 Å². The second-order valence-corrected chi connectivity index (χ2v) is 5.23. The molecule has 0 heterocycles. The molecule has 1 nitrogen and oxygen atoms in total. The molecule has 0 aliphatic rings. The van der Waals surface area contributed by atoms with Crippen molar-refractivity contribution in [2.45, 2.75) is 6.04 Å². The van der Waals surface area contributed by atoms with Crippen LogP contribution in [0.4, 0.5) is 4.39 Å². The summed E-state index contributed by atoms with van der Waals surface area (Å²) in [5, 5.41) is 3.52. The summed E-state index contributed by atoms with van der Waals surface area (Å²) >= 11 is 9.48. The molecule has 0 saturated heterocycles. The van der Waals surface area contributed by atoms with Gasteiger partial charge in [0.25, 0.3) is 0 Å². The van der Waals surface area contributed by atoms with Gasteiger partial charge >= 0.3 is 0 Å². The van der Waals surface area contributed by atoms with Crippen molar-refractivity contribution < 1.29 is 4.39 Å². The predicted molar refractivity (Wildman–Crippen MR) is 76.5 cm³/mol. The van der Waals surface area contributed by atoms with Crippen molar-refractivity contribution in [1.82, 2.24) is 5.32 Å². The van der Waals surface area contributed by atoms with E-state index in [9.17, 15) is 4.39 Å². The van der Waals surface area contributed by atoms with Crippen molar-refractivity contribution >= 4 is 27.5 Å². The van der Waals surface area contributed by atoms with E-state index in [4.69, 9.17) is 11.6 Å². The van der Waals surface area contributed by atoms with Crippen molar-refractivity contribution in [3.8, 4) is 0 Å². The lowest BCUT2D eigenvalue weighted by molar-refractivity contribution is 0.576. The number of benzene rings is 2. The summed E-state index contributed by atoms with van der Waals surface area (Å²) in [4.78, 5) is 0. The maximum atomic E-state index is 13.9. The second kappa shape index (κ2) is 5.83. The molecule has 2 aromatic rings. The zero-order chi connectivity index (χ0) is 13.1. The molecule has 94 valence electrons. The Morgan fingerprint density at radius 2 is 1.83 bits per heavy atom. The first kappa shape index (κ1) is 13.5. The van der Waals surface area contributed by atoms with Crippen LogP contribution in [0.3, 0.4) is 0 Å². The van der Waals surface area contributed by atoms with Gasteiger partial charge in [-0.2, -0.15) is 0 Å². The molecule has 1 N–H and O–H groups in total. The molecular weight excluding hydrogens is 317 g/mol. The van der Waals surface area contributed by atoms with Crippen LogP contribution in [0, 0.1) is 5.82 Å². The van der Waals surface area contributed by atoms with E-state index in [1.165, 1.54) is 6.07 Å². The summed E-state index contributed by atoms with van der Waals surface area (Å²) in [6, 6.07) is 12.2. The first-order valence-corrected chi connectivity index (χ1v) is 6.67. The molecule has 2 aromatic carbocycles. The minimum Gasteiger partial charge on any atom is -0.309 e. The van der Waals surface area contributed by atoms with Gasteiger partial charge in [-0.3, -0.25) is 0 Å². The fraction of sp³-hybridized carbons (Fsp3) is 0.143. The van der Waals surface area contributed by atoms with Crippen LogP contribution >= 0.6 is 27.5 Å². The van der Waals surface area contributed by atoms with E-state index in [2.05, 4.69) is 21.2 Å². The Bertz CT molecular complexity index is 522. The van der Waals surface area contributed by atoms with Crippen LogP contribution < -0.4 is 5.32 Å². The zero-order valence-corrected chi connectivity index (χ0v) is 12.1. The van der Waals surface area contributed by atoms with Crippen molar-refractivity contribution in [2.75, 3.05) is 7.05 Å². The molecule has 2 rings (SSSR count). The van der Waals surface area contributed by atoms with E-state index in [0.29, 0.717) is 10.6 Å². The highest BCUT2D eigenvalue weighted by atomic mass is 79.9. The van der Waals surface area contributed by atoms with Gasteiger partial charge in [-0.1, -0.05) is 45.7 Å². The quantitative estimate of drug-likeness (QED) is 0.871. The van der Waals surface area contributed by atoms with Crippen LogP contribution in [0.1, 0.15) is 17.2 Å². The Morgan fingerprint density at radius 3 is 2.39 bits per heavy atom. The predicted octanol–water partition coefficient (Wildman–Crippen LogP) is 4.55. The monoisotopic (exact) mass is 327 g/mol. The molecule has 0 saturated carbocycles. The molecule has 0 bridgehead atoms. The van der Waals surface area contributed by atoms with Crippen molar-refractivity contribution in [3.05, 3.63) is 68.9 Å². The minimum absolute atomic E-state index is 0.258. The highest BCUT2D eigenvalue weighted by Gasteiger charge is 2.19. The molecule has 0 aromatic heterocycles. The Balaban J connectivity index is 2.48. The fourth-order valence-corrected chi connectivity index (χ4v) is 2.46. The van der Waals surface area contributed by atoms with E-state index in [0.717, 1.165) is 10.0 Å². The van der Waals surface area contributed by atoms with E-state index in [1.807, 2.05) is 24.3 Å². The second-order valence-electron chi connectivity index (χ2n) is 3.91. The Labute approximate surface area is 119 Å². The van der Waals surface area contributed by atoms with Crippen molar-refractivity contribution in [2.24, 2.45) is 0 Å². The Kier molecular flexibility index (Phi) is 4.38. The molecule has 0 amide bonds. The third-order valence-corrected chi connectivity index (χ3v) is 3.64. The van der Waals surface area contributed by atoms with Gasteiger partial charge < -0.3 is 5.32 Å². The van der Waals surface area contributed by atoms with Crippen LogP contribution in [-0.2, 0) is 0 Å². The minimum atomic E-state index is -0.301. The number of halogens is 3. The number of hydrogen-bond acceptors (Lipinski definition) is 1. The Morgan fingerprint density at radius 1 is 1.17 bits per heavy atom. The third kappa shape index (κ3) is 2.74. The van der Waals surface area contributed by atoms with E-state index >= 15 is 0 Å². The lowest BCUT2D eigenvalue weighted by atomic mass is 9.98. The molecule has 1 atom stereocenters. The number of hydrogen-bond donors (Lipinski definition) is 1. The van der Waals surface area contributed by atoms with Gasteiger partial charge in [-0.05, 0) is 36.9 Å². The topological polar surface area (TPSA) is 12.0 Å². The van der Waals surface area contributed by atoms with E-state index in [-0.39, 0.29) is 11.9 Å². The first-order valence-electron chi connectivity index (χ1n) is 5.50. The standard InChI is InChI=1S/C14H12BrClFN/c1-18-14(9-5-7-10(15)8-6-9)13-11(16)3-2-4-12(13)17/h2-8,14,18H,1H3. The fourth-order valence-electron chi connectivity index (χ4n) is 1.92. The number of nitrogens with one attached hydrogen (secondary N) is 1. The average Bonchev–Trinajstić information content (AvgIpc) is 2.35. The van der Waals surface area contributed by atoms with Crippen LogP contribution in [0.2, 0.25) is 5.02 Å². The summed E-state index contributed by atoms with van der Waals surface area (Å²) in [5.41, 5.74) is 1.44. The smallest absolute Gasteiger partial charge is 0.129 e. The molecule has 0 fully saturated rings. The SMILES string of the molecule is CNC(c1ccc(Br)cc1)c1c(F)cccc1Cl. The van der Waals surface area contributed by atoms with E-state index in [1.54, 1.807) is 19.2 Å². The largest absolute Gasteiger partial charge is 0.309 e. The number of rotatable bonds is 3. The molecule has 0 spiro atoms. The average molecular weight is 329 g/mol. The molecule has 1 unspecified atom stereocenters. The summed E-state index contributed by atoms with van der Waals surface area (Å²) in [5.74, 6) is -0.301. The van der Waals surface area contributed by atoms with Crippen molar-refractivity contribution in [3.63, 3.8) is 0 Å². The molecule has 0 radical (unpaired) electrons. The van der Waals surface area contributed by atoms with Crippen molar-refractivity contribution in [1.29, 1.82) is 0 Å². The molecule has 4 heteroatoms. The molecule has 0 aliphatic heterocycles. The molecular formula is C14H12BrClFN. The third-order valence-electron chi connectivity index (χ3n) is 2.78. The normalized spacial score (nSPS) is 12.4. The summed E-state index contributed by atoms with van der Waals surface area (Å²) in [7, 11) is 1.79. The maximum Gasteiger partial charge on any atom is 0.129 e. The molecule has 18 heavy (non-hydrogen) atoms. The first-order chi connectivity index (χ1) is 8.63. The summed E-state index contributed by atoms with van der Waals surface area (Å²) < 4.78 is 14.9. The lowest BCUT2D eigenvalue weighted by Crippen LogP contribution is -2.19. The highest BCUT2D eigenvalue weighted by Crippen LogP contribution is 2.30. The van der Waals surface area contributed by atoms with Crippen LogP contribution in [0.25, 0.3) is 0 Å². The van der Waals surface area contributed by atoms with Crippen LogP contribution in [0.5, 0.6) is 0 Å².